The summed E-state index contributed by atoms with van der Waals surface area (Å²) in [7, 11) is 6.49. The predicted octanol–water partition coefficient (Wildman–Crippen LogP) is 1.52. The minimum atomic E-state index is -0.780. The van der Waals surface area contributed by atoms with Gasteiger partial charge in [0.15, 0.2) is 0 Å². The molecule has 1 aliphatic heterocycles. The number of benzene rings is 1. The molecule has 94 valence electrons. The van der Waals surface area contributed by atoms with Gasteiger partial charge < -0.3 is 14.2 Å². The van der Waals surface area contributed by atoms with Crippen molar-refractivity contribution >= 4 is 5.69 Å². The standard InChI is InChI=1S/C12H17NO4/c1-14-9-5-6-10-11(7-9)13(17-4)8-12(10,15-2)16-3/h5-7H,8H2,1-4H3. The van der Waals surface area contributed by atoms with Crippen molar-refractivity contribution in [2.75, 3.05) is 40.0 Å². The molecule has 1 aromatic carbocycles. The molecule has 0 unspecified atom stereocenters. The van der Waals surface area contributed by atoms with E-state index >= 15 is 0 Å². The average molecular weight is 239 g/mol. The Labute approximate surface area is 101 Å². The van der Waals surface area contributed by atoms with Crippen molar-refractivity contribution in [3.8, 4) is 5.75 Å². The fourth-order valence-electron chi connectivity index (χ4n) is 2.12. The van der Waals surface area contributed by atoms with Crippen LogP contribution in [-0.2, 0) is 20.1 Å². The minimum Gasteiger partial charge on any atom is -0.497 e. The molecule has 5 heteroatoms. The number of hydrogen-bond acceptors (Lipinski definition) is 5. The Kier molecular flexibility index (Phi) is 3.24. The second-order valence-corrected chi connectivity index (χ2v) is 3.76. The quantitative estimate of drug-likeness (QED) is 0.745. The van der Waals surface area contributed by atoms with E-state index in [2.05, 4.69) is 0 Å². The van der Waals surface area contributed by atoms with Gasteiger partial charge in [0.05, 0.1) is 19.9 Å². The molecule has 0 bridgehead atoms. The summed E-state index contributed by atoms with van der Waals surface area (Å²) < 4.78 is 16.2. The molecule has 1 aromatic rings. The second kappa shape index (κ2) is 4.52. The number of methoxy groups -OCH3 is 3. The highest BCUT2D eigenvalue weighted by Gasteiger charge is 2.44. The molecule has 0 aliphatic carbocycles. The number of hydroxylamine groups is 1. The van der Waals surface area contributed by atoms with Gasteiger partial charge in [0.25, 0.3) is 0 Å². The summed E-state index contributed by atoms with van der Waals surface area (Å²) >= 11 is 0. The first kappa shape index (κ1) is 12.2. The summed E-state index contributed by atoms with van der Waals surface area (Å²) in [6.07, 6.45) is 0. The lowest BCUT2D eigenvalue weighted by molar-refractivity contribution is -0.207. The van der Waals surface area contributed by atoms with Gasteiger partial charge in [0.2, 0.25) is 5.79 Å². The molecule has 0 amide bonds. The van der Waals surface area contributed by atoms with Crippen LogP contribution in [0.1, 0.15) is 5.56 Å². The molecule has 0 radical (unpaired) electrons. The van der Waals surface area contributed by atoms with Crippen molar-refractivity contribution in [2.45, 2.75) is 5.79 Å². The normalized spacial score (nSPS) is 17.1. The third-order valence-corrected chi connectivity index (χ3v) is 3.12. The van der Waals surface area contributed by atoms with Gasteiger partial charge in [0, 0.05) is 25.8 Å². The third kappa shape index (κ3) is 1.76. The van der Waals surface area contributed by atoms with Gasteiger partial charge in [0.1, 0.15) is 12.3 Å². The van der Waals surface area contributed by atoms with E-state index in [0.717, 1.165) is 17.0 Å². The maximum absolute atomic E-state index is 5.50. The Morgan fingerprint density at radius 1 is 1.12 bits per heavy atom. The van der Waals surface area contributed by atoms with E-state index in [1.54, 1.807) is 33.5 Å². The lowest BCUT2D eigenvalue weighted by Gasteiger charge is -2.26. The maximum Gasteiger partial charge on any atom is 0.217 e. The molecule has 0 saturated carbocycles. The van der Waals surface area contributed by atoms with E-state index in [1.807, 2.05) is 18.2 Å². The van der Waals surface area contributed by atoms with Crippen LogP contribution in [-0.4, -0.2) is 35.0 Å². The van der Waals surface area contributed by atoms with Crippen molar-refractivity contribution in [3.05, 3.63) is 23.8 Å². The molecule has 0 atom stereocenters. The van der Waals surface area contributed by atoms with Crippen LogP contribution < -0.4 is 9.80 Å². The van der Waals surface area contributed by atoms with Crippen molar-refractivity contribution < 1.29 is 19.0 Å². The molecule has 0 aromatic heterocycles. The zero-order chi connectivity index (χ0) is 12.5. The van der Waals surface area contributed by atoms with Crippen LogP contribution in [0.4, 0.5) is 5.69 Å². The van der Waals surface area contributed by atoms with Crippen LogP contribution in [0.2, 0.25) is 0 Å². The van der Waals surface area contributed by atoms with Crippen LogP contribution in [0.5, 0.6) is 5.75 Å². The molecule has 1 aliphatic rings. The van der Waals surface area contributed by atoms with Gasteiger partial charge in [-0.1, -0.05) is 0 Å². The number of rotatable bonds is 4. The monoisotopic (exact) mass is 239 g/mol. The SMILES string of the molecule is COc1ccc2c(c1)N(OC)CC2(OC)OC. The highest BCUT2D eigenvalue weighted by atomic mass is 16.7. The van der Waals surface area contributed by atoms with E-state index in [0.29, 0.717) is 6.54 Å². The zero-order valence-corrected chi connectivity index (χ0v) is 10.5. The zero-order valence-electron chi connectivity index (χ0n) is 10.5. The van der Waals surface area contributed by atoms with Gasteiger partial charge >= 0.3 is 0 Å². The van der Waals surface area contributed by atoms with Crippen molar-refractivity contribution in [1.29, 1.82) is 0 Å². The Bertz CT molecular complexity index is 403. The molecule has 5 nitrogen and oxygen atoms in total. The Morgan fingerprint density at radius 3 is 2.35 bits per heavy atom. The summed E-state index contributed by atoms with van der Waals surface area (Å²) in [5, 5.41) is 1.73. The van der Waals surface area contributed by atoms with Gasteiger partial charge in [-0.25, -0.2) is 5.06 Å². The van der Waals surface area contributed by atoms with Crippen LogP contribution in [0, 0.1) is 0 Å². The highest BCUT2D eigenvalue weighted by Crippen LogP contribution is 2.43. The van der Waals surface area contributed by atoms with E-state index in [-0.39, 0.29) is 0 Å². The summed E-state index contributed by atoms with van der Waals surface area (Å²) in [5.74, 6) is -0.00810. The maximum atomic E-state index is 5.50. The average Bonchev–Trinajstić information content (AvgIpc) is 2.72. The summed E-state index contributed by atoms with van der Waals surface area (Å²) in [4.78, 5) is 5.31. The molecule has 0 fully saturated rings. The number of anilines is 1. The van der Waals surface area contributed by atoms with E-state index in [9.17, 15) is 0 Å². The van der Waals surface area contributed by atoms with Crippen LogP contribution >= 0.6 is 0 Å². The second-order valence-electron chi connectivity index (χ2n) is 3.76. The number of ether oxygens (including phenoxy) is 3. The molecule has 0 spiro atoms. The van der Waals surface area contributed by atoms with Crippen LogP contribution in [0.25, 0.3) is 0 Å². The van der Waals surface area contributed by atoms with Crippen molar-refractivity contribution in [2.24, 2.45) is 0 Å². The van der Waals surface area contributed by atoms with Gasteiger partial charge in [-0.05, 0) is 12.1 Å². The van der Waals surface area contributed by atoms with Crippen LogP contribution in [0.15, 0.2) is 18.2 Å². The topological polar surface area (TPSA) is 40.2 Å². The highest BCUT2D eigenvalue weighted by molar-refractivity contribution is 5.61. The fraction of sp³-hybridized carbons (Fsp3) is 0.500. The first-order chi connectivity index (χ1) is 8.20. The van der Waals surface area contributed by atoms with Crippen molar-refractivity contribution in [1.82, 2.24) is 0 Å². The van der Waals surface area contributed by atoms with Gasteiger partial charge in [-0.15, -0.1) is 0 Å². The van der Waals surface area contributed by atoms with E-state index in [1.165, 1.54) is 0 Å². The summed E-state index contributed by atoms with van der Waals surface area (Å²) in [5.41, 5.74) is 1.83. The Balaban J connectivity index is 2.51. The number of fused-ring (bicyclic) bond motifs is 1. The van der Waals surface area contributed by atoms with Crippen molar-refractivity contribution in [3.63, 3.8) is 0 Å². The summed E-state index contributed by atoms with van der Waals surface area (Å²) in [6, 6.07) is 5.71. The molecule has 1 heterocycles. The van der Waals surface area contributed by atoms with Crippen LogP contribution in [0.3, 0.4) is 0 Å². The Hall–Kier alpha value is -1.30. The van der Waals surface area contributed by atoms with Gasteiger partial charge in [-0.2, -0.15) is 0 Å². The molecule has 17 heavy (non-hydrogen) atoms. The molecular weight excluding hydrogens is 222 g/mol. The smallest absolute Gasteiger partial charge is 0.217 e. The lowest BCUT2D eigenvalue weighted by Crippen LogP contribution is -2.36. The Morgan fingerprint density at radius 2 is 1.82 bits per heavy atom. The predicted molar refractivity (Wildman–Crippen MR) is 63.0 cm³/mol. The first-order valence-corrected chi connectivity index (χ1v) is 5.31. The first-order valence-electron chi connectivity index (χ1n) is 5.31. The lowest BCUT2D eigenvalue weighted by atomic mass is 10.1. The van der Waals surface area contributed by atoms with E-state index in [4.69, 9.17) is 19.0 Å². The number of hydrogen-bond donors (Lipinski definition) is 0. The minimum absolute atomic E-state index is 0.485. The van der Waals surface area contributed by atoms with Gasteiger partial charge in [-0.3, -0.25) is 4.84 Å². The summed E-state index contributed by atoms with van der Waals surface area (Å²) in [6.45, 7) is 0.485. The fourth-order valence-corrected chi connectivity index (χ4v) is 2.12. The molecule has 0 N–H and O–H groups in total. The third-order valence-electron chi connectivity index (χ3n) is 3.12. The van der Waals surface area contributed by atoms with E-state index < -0.39 is 5.79 Å². The number of nitrogens with zero attached hydrogens (tertiary/aromatic N) is 1. The largest absolute Gasteiger partial charge is 0.497 e. The molecule has 0 saturated heterocycles. The molecule has 2 rings (SSSR count). The molecular formula is C12H17NO4.